The van der Waals surface area contributed by atoms with Crippen molar-refractivity contribution >= 4 is 0 Å². The molecule has 0 heterocycles. The van der Waals surface area contributed by atoms with Gasteiger partial charge in [-0.1, -0.05) is 17.7 Å². The number of hydrogen-bond acceptors (Lipinski definition) is 1. The summed E-state index contributed by atoms with van der Waals surface area (Å²) in [7, 11) is 0. The molecule has 0 amide bonds. The van der Waals surface area contributed by atoms with E-state index in [1.165, 1.54) is 50.5 Å². The molecule has 0 unspecified atom stereocenters. The maximum absolute atomic E-state index is 6.00. The lowest BCUT2D eigenvalue weighted by Gasteiger charge is -2.57. The molecule has 4 aliphatic rings. The third-order valence-electron chi connectivity index (χ3n) is 6.09. The zero-order valence-electron chi connectivity index (χ0n) is 12.6. The van der Waals surface area contributed by atoms with Crippen molar-refractivity contribution in [1.29, 1.82) is 0 Å². The Labute approximate surface area is 122 Å². The standard InChI is InChI=1S/C19H26O/c1-14-2-4-18(5-3-14)20-7-6-19-11-15-8-16(12-19)10-17(9-15)13-19/h2-5,15-17H,6-13H2,1H3. The second kappa shape index (κ2) is 4.79. The molecule has 20 heavy (non-hydrogen) atoms. The molecule has 4 fully saturated rings. The molecular weight excluding hydrogens is 244 g/mol. The Morgan fingerprint density at radius 1 is 0.950 bits per heavy atom. The van der Waals surface area contributed by atoms with Crippen molar-refractivity contribution in [3.8, 4) is 5.75 Å². The normalized spacial score (nSPS) is 38.1. The molecule has 1 nitrogen and oxygen atoms in total. The third-order valence-corrected chi connectivity index (χ3v) is 6.09. The summed E-state index contributed by atoms with van der Waals surface area (Å²) in [6.07, 6.45) is 10.4. The fourth-order valence-corrected chi connectivity index (χ4v) is 5.62. The summed E-state index contributed by atoms with van der Waals surface area (Å²) in [5, 5.41) is 0. The molecule has 0 atom stereocenters. The van der Waals surface area contributed by atoms with E-state index in [2.05, 4.69) is 31.2 Å². The predicted octanol–water partition coefficient (Wildman–Crippen LogP) is 4.98. The molecule has 4 saturated carbocycles. The summed E-state index contributed by atoms with van der Waals surface area (Å²) < 4.78 is 6.00. The van der Waals surface area contributed by atoms with Gasteiger partial charge >= 0.3 is 0 Å². The summed E-state index contributed by atoms with van der Waals surface area (Å²) in [5.41, 5.74) is 1.96. The first-order chi connectivity index (χ1) is 9.71. The first kappa shape index (κ1) is 12.7. The van der Waals surface area contributed by atoms with Crippen molar-refractivity contribution in [3.63, 3.8) is 0 Å². The Kier molecular flexibility index (Phi) is 3.05. The van der Waals surface area contributed by atoms with Gasteiger partial charge in [-0.3, -0.25) is 0 Å². The van der Waals surface area contributed by atoms with E-state index in [-0.39, 0.29) is 0 Å². The van der Waals surface area contributed by atoms with Crippen molar-refractivity contribution in [2.24, 2.45) is 23.2 Å². The van der Waals surface area contributed by atoms with Crippen molar-refractivity contribution in [2.45, 2.75) is 51.9 Å². The van der Waals surface area contributed by atoms with Crippen molar-refractivity contribution in [2.75, 3.05) is 6.61 Å². The molecule has 0 N–H and O–H groups in total. The van der Waals surface area contributed by atoms with Crippen LogP contribution in [0.1, 0.15) is 50.5 Å². The van der Waals surface area contributed by atoms with Gasteiger partial charge < -0.3 is 4.74 Å². The maximum atomic E-state index is 6.00. The third kappa shape index (κ3) is 2.36. The van der Waals surface area contributed by atoms with Crippen molar-refractivity contribution in [3.05, 3.63) is 29.8 Å². The van der Waals surface area contributed by atoms with E-state index < -0.39 is 0 Å². The summed E-state index contributed by atoms with van der Waals surface area (Å²) in [6, 6.07) is 8.49. The number of aryl methyl sites for hydroxylation is 1. The second-order valence-electron chi connectivity index (χ2n) is 7.83. The SMILES string of the molecule is Cc1ccc(OCCC23CC4CC(CC(C4)C2)C3)cc1. The largest absolute Gasteiger partial charge is 0.494 e. The second-order valence-corrected chi connectivity index (χ2v) is 7.83. The van der Waals surface area contributed by atoms with Crippen LogP contribution in [0.3, 0.4) is 0 Å². The van der Waals surface area contributed by atoms with Gasteiger partial charge in [0, 0.05) is 0 Å². The van der Waals surface area contributed by atoms with Crippen LogP contribution in [-0.2, 0) is 0 Å². The van der Waals surface area contributed by atoms with E-state index >= 15 is 0 Å². The van der Waals surface area contributed by atoms with Gasteiger partial charge in [-0.05, 0) is 87.2 Å². The molecule has 4 aliphatic carbocycles. The minimum Gasteiger partial charge on any atom is -0.494 e. The van der Waals surface area contributed by atoms with Crippen LogP contribution in [0, 0.1) is 30.1 Å². The highest BCUT2D eigenvalue weighted by Crippen LogP contribution is 2.61. The Balaban J connectivity index is 1.36. The van der Waals surface area contributed by atoms with Crippen LogP contribution in [0.25, 0.3) is 0 Å². The molecular formula is C19H26O. The van der Waals surface area contributed by atoms with E-state index in [0.29, 0.717) is 5.41 Å². The zero-order valence-corrected chi connectivity index (χ0v) is 12.6. The van der Waals surface area contributed by atoms with Crippen LogP contribution in [0.5, 0.6) is 5.75 Å². The van der Waals surface area contributed by atoms with Crippen LogP contribution < -0.4 is 4.74 Å². The number of rotatable bonds is 4. The summed E-state index contributed by atoms with van der Waals surface area (Å²) in [4.78, 5) is 0. The molecule has 108 valence electrons. The lowest BCUT2D eigenvalue weighted by Crippen LogP contribution is -2.46. The molecule has 0 saturated heterocycles. The van der Waals surface area contributed by atoms with E-state index in [1.807, 2.05) is 0 Å². The van der Waals surface area contributed by atoms with Crippen LogP contribution in [0.4, 0.5) is 0 Å². The minimum atomic E-state index is 0.652. The van der Waals surface area contributed by atoms with E-state index in [4.69, 9.17) is 4.74 Å². The highest BCUT2D eigenvalue weighted by molar-refractivity contribution is 5.26. The van der Waals surface area contributed by atoms with Gasteiger partial charge in [0.15, 0.2) is 0 Å². The smallest absolute Gasteiger partial charge is 0.119 e. The summed E-state index contributed by atoms with van der Waals surface area (Å²) in [6.45, 7) is 3.04. The quantitative estimate of drug-likeness (QED) is 0.749. The highest BCUT2D eigenvalue weighted by Gasteiger charge is 2.50. The highest BCUT2D eigenvalue weighted by atomic mass is 16.5. The number of ether oxygens (including phenoxy) is 1. The molecule has 4 bridgehead atoms. The van der Waals surface area contributed by atoms with Crippen molar-refractivity contribution in [1.82, 2.24) is 0 Å². The number of hydrogen-bond donors (Lipinski definition) is 0. The average molecular weight is 270 g/mol. The predicted molar refractivity (Wildman–Crippen MR) is 81.9 cm³/mol. The van der Waals surface area contributed by atoms with E-state index in [9.17, 15) is 0 Å². The van der Waals surface area contributed by atoms with Gasteiger partial charge in [0.2, 0.25) is 0 Å². The van der Waals surface area contributed by atoms with Gasteiger partial charge in [0.05, 0.1) is 6.61 Å². The minimum absolute atomic E-state index is 0.652. The van der Waals surface area contributed by atoms with Crippen molar-refractivity contribution < 1.29 is 4.74 Å². The fourth-order valence-electron chi connectivity index (χ4n) is 5.62. The molecule has 0 radical (unpaired) electrons. The Hall–Kier alpha value is -0.980. The monoisotopic (exact) mass is 270 g/mol. The van der Waals surface area contributed by atoms with Crippen LogP contribution >= 0.6 is 0 Å². The molecule has 0 spiro atoms. The van der Waals surface area contributed by atoms with Gasteiger partial charge in [-0.2, -0.15) is 0 Å². The fraction of sp³-hybridized carbons (Fsp3) is 0.684. The zero-order chi connectivity index (χ0) is 13.6. The Morgan fingerprint density at radius 3 is 2.05 bits per heavy atom. The van der Waals surface area contributed by atoms with Gasteiger partial charge in [0.1, 0.15) is 5.75 Å². The first-order valence-electron chi connectivity index (χ1n) is 8.40. The molecule has 1 aromatic rings. The molecule has 1 aromatic carbocycles. The van der Waals surface area contributed by atoms with Gasteiger partial charge in [-0.15, -0.1) is 0 Å². The molecule has 0 aliphatic heterocycles. The first-order valence-corrected chi connectivity index (χ1v) is 8.40. The van der Waals surface area contributed by atoms with Gasteiger partial charge in [-0.25, -0.2) is 0 Å². The number of benzene rings is 1. The molecule has 0 aromatic heterocycles. The van der Waals surface area contributed by atoms with Crippen LogP contribution in [0.2, 0.25) is 0 Å². The van der Waals surface area contributed by atoms with Crippen LogP contribution in [0.15, 0.2) is 24.3 Å². The van der Waals surface area contributed by atoms with E-state index in [0.717, 1.165) is 30.1 Å². The lowest BCUT2D eigenvalue weighted by atomic mass is 9.49. The maximum Gasteiger partial charge on any atom is 0.119 e. The molecule has 5 rings (SSSR count). The van der Waals surface area contributed by atoms with Gasteiger partial charge in [0.25, 0.3) is 0 Å². The topological polar surface area (TPSA) is 9.23 Å². The average Bonchev–Trinajstić information content (AvgIpc) is 2.39. The van der Waals surface area contributed by atoms with Crippen LogP contribution in [-0.4, -0.2) is 6.61 Å². The van der Waals surface area contributed by atoms with E-state index in [1.54, 1.807) is 0 Å². The molecule has 1 heteroatoms. The summed E-state index contributed by atoms with van der Waals surface area (Å²) >= 11 is 0. The Morgan fingerprint density at radius 2 is 1.50 bits per heavy atom. The lowest BCUT2D eigenvalue weighted by molar-refractivity contribution is -0.0622. The summed E-state index contributed by atoms with van der Waals surface area (Å²) in [5.74, 6) is 4.21. The Bertz CT molecular complexity index is 438.